The highest BCUT2D eigenvalue weighted by Crippen LogP contribution is 2.47. The van der Waals surface area contributed by atoms with Crippen LogP contribution in [0.15, 0.2) is 139 Å². The normalized spacial score (nSPS) is 21.1. The van der Waals surface area contributed by atoms with E-state index in [1.165, 1.54) is 59.1 Å². The van der Waals surface area contributed by atoms with E-state index in [0.717, 1.165) is 83.3 Å². The monoisotopic (exact) mass is 1120 g/mol. The Morgan fingerprint density at radius 2 is 1.22 bits per heavy atom. The smallest absolute Gasteiger partial charge is 0.434 e. The number of Topliss-reactive ketones (excluding diaryl/α,β-unsaturated/α-hetero) is 1. The van der Waals surface area contributed by atoms with Crippen molar-refractivity contribution in [3.8, 4) is 0 Å². The number of nitrogens with one attached hydrogen (secondary N) is 2. The number of ether oxygens (including phenoxy) is 4. The third-order valence-corrected chi connectivity index (χ3v) is 17.6. The second-order valence-electron chi connectivity index (χ2n) is 17.6. The van der Waals surface area contributed by atoms with Crippen LogP contribution in [0.1, 0.15) is 48.4 Å². The number of hydrogen-bond acceptors (Lipinski definition) is 14. The lowest BCUT2D eigenvalue weighted by Gasteiger charge is -2.40. The van der Waals surface area contributed by atoms with E-state index in [1.54, 1.807) is 0 Å². The van der Waals surface area contributed by atoms with E-state index in [-0.39, 0.29) is 51.8 Å². The summed E-state index contributed by atoms with van der Waals surface area (Å²) in [7, 11) is 0. The number of piperidine rings is 1. The number of morpholine rings is 2. The number of thiophene rings is 2. The minimum Gasteiger partial charge on any atom is -0.434 e. The molecular weight excluding hydrogens is 1070 g/mol. The summed E-state index contributed by atoms with van der Waals surface area (Å²) in [5.41, 5.74) is 3.63. The van der Waals surface area contributed by atoms with Gasteiger partial charge in [0.15, 0.2) is 5.78 Å². The number of hydrogen-bond donors (Lipinski definition) is 2. The van der Waals surface area contributed by atoms with Crippen molar-refractivity contribution >= 4 is 105 Å². The molecule has 20 heteroatoms. The molecule has 4 aliphatic rings. The van der Waals surface area contributed by atoms with E-state index in [9.17, 15) is 28.0 Å². The summed E-state index contributed by atoms with van der Waals surface area (Å²) in [6.45, 7) is 8.07. The molecule has 0 radical (unpaired) electrons. The fourth-order valence-corrected chi connectivity index (χ4v) is 13.0. The highest BCUT2D eigenvalue weighted by atomic mass is 35.5. The molecular formula is C54H50Cl2F2N4O8S4. The molecule has 3 atom stereocenters. The topological polar surface area (TPSA) is 136 Å². The van der Waals surface area contributed by atoms with Gasteiger partial charge in [0.05, 0.1) is 54.2 Å². The van der Waals surface area contributed by atoms with Crippen molar-refractivity contribution in [2.75, 3.05) is 69.0 Å². The van der Waals surface area contributed by atoms with Crippen LogP contribution in [-0.2, 0) is 44.4 Å². The molecule has 2 aromatic heterocycles. The number of thioether (sulfide) groups is 2. The van der Waals surface area contributed by atoms with Gasteiger partial charge < -0.3 is 39.4 Å². The zero-order valence-electron chi connectivity index (χ0n) is 39.9. The molecule has 3 fully saturated rings. The van der Waals surface area contributed by atoms with Crippen molar-refractivity contribution in [2.24, 2.45) is 0 Å². The van der Waals surface area contributed by atoms with Crippen LogP contribution in [0.25, 0.3) is 0 Å². The number of amides is 2. The van der Waals surface area contributed by atoms with Gasteiger partial charge in [-0.1, -0.05) is 66.2 Å². The molecule has 0 spiro atoms. The van der Waals surface area contributed by atoms with Crippen LogP contribution in [0.4, 0.5) is 25.0 Å². The van der Waals surface area contributed by atoms with Crippen LogP contribution >= 0.6 is 69.4 Å². The molecule has 0 bridgehead atoms. The van der Waals surface area contributed by atoms with Gasteiger partial charge >= 0.3 is 6.16 Å². The summed E-state index contributed by atoms with van der Waals surface area (Å²) in [4.78, 5) is 58.7. The molecule has 2 amide bonds. The molecule has 4 aromatic carbocycles. The van der Waals surface area contributed by atoms with Crippen molar-refractivity contribution in [3.63, 3.8) is 0 Å². The van der Waals surface area contributed by atoms with Gasteiger partial charge in [0.1, 0.15) is 27.5 Å². The Hall–Kier alpha value is -5.44. The van der Waals surface area contributed by atoms with Crippen LogP contribution in [0.2, 0.25) is 10.0 Å². The van der Waals surface area contributed by atoms with Gasteiger partial charge in [-0.05, 0) is 123 Å². The number of carbonyl (C=O) groups is 4. The van der Waals surface area contributed by atoms with Gasteiger partial charge in [0.2, 0.25) is 5.91 Å². The minimum atomic E-state index is -1.00. The lowest BCUT2D eigenvalue weighted by molar-refractivity contribution is -0.133. The Morgan fingerprint density at radius 3 is 1.69 bits per heavy atom. The largest absolute Gasteiger partial charge is 0.513 e. The molecule has 386 valence electrons. The zero-order valence-corrected chi connectivity index (χ0v) is 44.7. The average Bonchev–Trinajstić information content (AvgIpc) is 4.17. The Labute approximate surface area is 453 Å². The SMILES string of the molecule is CCCOC(=O)OC1=C(Sc2ccc(F)cc2Cl)C(=O)NC(c2ccc(N3CCOCC3)cc2)(c2ccsc2)C1.O=C1CC(c2ccc(N3CCOCC3)cc2)(c2ccsc2)NC(=O)C1Sc1ccc(F)cc1Cl. The van der Waals surface area contributed by atoms with Crippen molar-refractivity contribution in [3.05, 3.63) is 173 Å². The first-order valence-electron chi connectivity index (χ1n) is 23.8. The quantitative estimate of drug-likeness (QED) is 0.0842. The number of rotatable bonds is 13. The summed E-state index contributed by atoms with van der Waals surface area (Å²) in [5, 5.41) is 13.5. The number of halogens is 4. The number of carbonyl (C=O) groups excluding carboxylic acids is 4. The molecule has 74 heavy (non-hydrogen) atoms. The first-order valence-corrected chi connectivity index (χ1v) is 28.1. The van der Waals surface area contributed by atoms with Crippen LogP contribution in [0.3, 0.4) is 0 Å². The number of nitrogens with zero attached hydrogens (tertiary/aromatic N) is 2. The van der Waals surface area contributed by atoms with Gasteiger partial charge in [-0.3, -0.25) is 14.4 Å². The molecule has 6 heterocycles. The zero-order chi connectivity index (χ0) is 51.8. The van der Waals surface area contributed by atoms with Gasteiger partial charge in [0.25, 0.3) is 5.91 Å². The van der Waals surface area contributed by atoms with Crippen LogP contribution in [0.5, 0.6) is 0 Å². The van der Waals surface area contributed by atoms with Crippen molar-refractivity contribution in [1.29, 1.82) is 0 Å². The third-order valence-electron chi connectivity index (χ3n) is 12.9. The van der Waals surface area contributed by atoms with Crippen LogP contribution in [0, 0.1) is 11.6 Å². The fraction of sp³-hybridized carbons (Fsp3) is 0.296. The number of anilines is 2. The first-order chi connectivity index (χ1) is 35.9. The predicted molar refractivity (Wildman–Crippen MR) is 288 cm³/mol. The highest BCUT2D eigenvalue weighted by molar-refractivity contribution is 8.04. The molecule has 4 aliphatic heterocycles. The number of benzene rings is 4. The van der Waals surface area contributed by atoms with E-state index >= 15 is 0 Å². The number of ketones is 1. The minimum absolute atomic E-state index is 0.114. The summed E-state index contributed by atoms with van der Waals surface area (Å²) >= 11 is 17.5. The Balaban J connectivity index is 0.000000184. The van der Waals surface area contributed by atoms with E-state index in [4.69, 9.17) is 42.1 Å². The summed E-state index contributed by atoms with van der Waals surface area (Å²) in [5.74, 6) is -1.83. The summed E-state index contributed by atoms with van der Waals surface area (Å²) in [6, 6.07) is 27.8. The maximum Gasteiger partial charge on any atom is 0.513 e. The predicted octanol–water partition coefficient (Wildman–Crippen LogP) is 11.6. The molecule has 6 aromatic rings. The lowest BCUT2D eigenvalue weighted by atomic mass is 9.77. The van der Waals surface area contributed by atoms with Crippen LogP contribution < -0.4 is 20.4 Å². The van der Waals surface area contributed by atoms with Crippen molar-refractivity contribution in [1.82, 2.24) is 10.6 Å². The van der Waals surface area contributed by atoms with E-state index in [0.29, 0.717) is 42.6 Å². The average molecular weight is 1120 g/mol. The molecule has 12 nitrogen and oxygen atoms in total. The van der Waals surface area contributed by atoms with Crippen molar-refractivity contribution in [2.45, 2.75) is 52.3 Å². The molecule has 10 rings (SSSR count). The van der Waals surface area contributed by atoms with E-state index in [1.807, 2.05) is 89.1 Å². The fourth-order valence-electron chi connectivity index (χ4n) is 9.15. The standard InChI is InChI=1S/C29H28ClFN2O5S2.C25H22ClFN2O3S2/c1-2-12-37-28(35)38-24-17-29(20-9-15-39-18-20,19-3-6-22(7-4-19)33-10-13-36-14-11-33)32-27(34)26(24)40-25-8-5-21(31)16-23(25)30;26-20-13-18(27)3-6-22(20)34-23-21(30)14-25(28-24(23)31,17-7-12-33-15-17)16-1-4-19(5-2-16)29-8-10-32-11-9-29/h3-9,15-16,18H,2,10-14,17H2,1H3,(H,32,34);1-7,12-13,15,23H,8-11,14H2,(H,28,31). The van der Waals surface area contributed by atoms with Crippen LogP contribution in [-0.4, -0.2) is 88.2 Å². The Kier molecular flexibility index (Phi) is 17.4. The van der Waals surface area contributed by atoms with E-state index < -0.39 is 40.0 Å². The van der Waals surface area contributed by atoms with Crippen molar-refractivity contribution < 1.29 is 46.9 Å². The highest BCUT2D eigenvalue weighted by Gasteiger charge is 2.48. The molecule has 3 saturated heterocycles. The second kappa shape index (κ2) is 24.0. The summed E-state index contributed by atoms with van der Waals surface area (Å²) < 4.78 is 48.9. The Morgan fingerprint density at radius 1 is 0.703 bits per heavy atom. The van der Waals surface area contributed by atoms with Gasteiger partial charge in [-0.2, -0.15) is 22.7 Å². The maximum atomic E-state index is 13.8. The lowest BCUT2D eigenvalue weighted by Crippen LogP contribution is -2.57. The van der Waals surface area contributed by atoms with Gasteiger partial charge in [0, 0.05) is 60.2 Å². The summed E-state index contributed by atoms with van der Waals surface area (Å²) in [6.07, 6.45) is -0.00961. The third kappa shape index (κ3) is 12.0. The molecule has 2 N–H and O–H groups in total. The van der Waals surface area contributed by atoms with Gasteiger partial charge in [-0.15, -0.1) is 11.8 Å². The maximum absolute atomic E-state index is 13.8. The second-order valence-corrected chi connectivity index (χ2v) is 22.2. The molecule has 0 aliphatic carbocycles. The Bertz CT molecular complexity index is 2970. The molecule has 0 saturated carbocycles. The van der Waals surface area contributed by atoms with E-state index in [2.05, 4.69) is 20.4 Å². The first kappa shape index (κ1) is 53.4. The molecule has 3 unspecified atom stereocenters. The van der Waals surface area contributed by atoms with Gasteiger partial charge in [-0.25, -0.2) is 13.6 Å².